The van der Waals surface area contributed by atoms with Crippen LogP contribution in [0.25, 0.3) is 0 Å². The Labute approximate surface area is 84.4 Å². The van der Waals surface area contributed by atoms with Crippen LogP contribution in [0.15, 0.2) is 48.8 Å². The Kier molecular flexibility index (Phi) is 2.59. The Hall–Kier alpha value is -1.63. The molecule has 0 aliphatic heterocycles. The van der Waals surface area contributed by atoms with Gasteiger partial charge in [-0.2, -0.15) is 0 Å². The number of benzene rings is 1. The van der Waals surface area contributed by atoms with Gasteiger partial charge in [0.25, 0.3) is 0 Å². The maximum Gasteiger partial charge on any atom is 0.0270 e. The summed E-state index contributed by atoms with van der Waals surface area (Å²) in [7, 11) is 0. The number of aromatic nitrogens is 1. The van der Waals surface area contributed by atoms with E-state index in [9.17, 15) is 0 Å². The van der Waals surface area contributed by atoms with E-state index < -0.39 is 0 Å². The van der Waals surface area contributed by atoms with E-state index in [0.717, 1.165) is 12.0 Å². The summed E-state index contributed by atoms with van der Waals surface area (Å²) in [4.78, 5) is 3.99. The van der Waals surface area contributed by atoms with Gasteiger partial charge < -0.3 is 0 Å². The number of rotatable bonds is 2. The van der Waals surface area contributed by atoms with Crippen molar-refractivity contribution in [1.29, 1.82) is 0 Å². The molecule has 0 saturated carbocycles. The molecule has 0 aliphatic rings. The van der Waals surface area contributed by atoms with Crippen molar-refractivity contribution in [3.63, 3.8) is 0 Å². The van der Waals surface area contributed by atoms with Gasteiger partial charge in [-0.05, 0) is 42.2 Å². The predicted molar refractivity (Wildman–Crippen MR) is 57.9 cm³/mol. The lowest BCUT2D eigenvalue weighted by Gasteiger charge is -2.01. The number of hydrogen-bond acceptors (Lipinski definition) is 1. The zero-order chi connectivity index (χ0) is 9.80. The molecule has 1 aromatic carbocycles. The van der Waals surface area contributed by atoms with Gasteiger partial charge >= 0.3 is 0 Å². The van der Waals surface area contributed by atoms with E-state index in [1.54, 1.807) is 0 Å². The molecular weight excluding hydrogens is 170 g/mol. The lowest BCUT2D eigenvalue weighted by molar-refractivity contribution is 1.16. The van der Waals surface area contributed by atoms with Crippen LogP contribution in [0.5, 0.6) is 0 Å². The first-order chi connectivity index (χ1) is 6.84. The van der Waals surface area contributed by atoms with Crippen molar-refractivity contribution in [1.82, 2.24) is 4.98 Å². The van der Waals surface area contributed by atoms with E-state index in [1.807, 2.05) is 36.7 Å². The number of nitrogens with zero attached hydrogens (tertiary/aromatic N) is 1. The molecule has 14 heavy (non-hydrogen) atoms. The molecule has 1 radical (unpaired) electrons. The van der Waals surface area contributed by atoms with E-state index in [4.69, 9.17) is 0 Å². The molecule has 69 valence electrons. The van der Waals surface area contributed by atoms with E-state index in [1.165, 1.54) is 11.1 Å². The van der Waals surface area contributed by atoms with Crippen LogP contribution in [-0.2, 0) is 6.42 Å². The highest BCUT2D eigenvalue weighted by Crippen LogP contribution is 2.09. The van der Waals surface area contributed by atoms with E-state index in [0.29, 0.717) is 0 Å². The lowest BCUT2D eigenvalue weighted by Crippen LogP contribution is -1.87. The minimum atomic E-state index is 0.961. The summed E-state index contributed by atoms with van der Waals surface area (Å²) in [6.45, 7) is 3.86. The molecule has 0 saturated heterocycles. The van der Waals surface area contributed by atoms with E-state index >= 15 is 0 Å². The van der Waals surface area contributed by atoms with E-state index in [2.05, 4.69) is 24.0 Å². The summed E-state index contributed by atoms with van der Waals surface area (Å²) >= 11 is 0. The Morgan fingerprint density at radius 1 is 0.857 bits per heavy atom. The molecule has 0 aliphatic carbocycles. The highest BCUT2D eigenvalue weighted by molar-refractivity contribution is 5.28. The minimum Gasteiger partial charge on any atom is -0.265 e. The summed E-state index contributed by atoms with van der Waals surface area (Å²) in [6.07, 6.45) is 4.61. The fourth-order valence-electron chi connectivity index (χ4n) is 1.39. The molecule has 0 unspecified atom stereocenters. The zero-order valence-electron chi connectivity index (χ0n) is 7.98. The van der Waals surface area contributed by atoms with Gasteiger partial charge in [-0.3, -0.25) is 4.98 Å². The predicted octanol–water partition coefficient (Wildman–Crippen LogP) is 2.85. The summed E-state index contributed by atoms with van der Waals surface area (Å²) < 4.78 is 0. The van der Waals surface area contributed by atoms with Crippen molar-refractivity contribution in [2.24, 2.45) is 0 Å². The van der Waals surface area contributed by atoms with Crippen molar-refractivity contribution in [2.75, 3.05) is 0 Å². The van der Waals surface area contributed by atoms with Crippen LogP contribution in [0.1, 0.15) is 16.7 Å². The average molecular weight is 182 g/mol. The second-order valence-electron chi connectivity index (χ2n) is 3.35. The van der Waals surface area contributed by atoms with Gasteiger partial charge in [0.05, 0.1) is 0 Å². The fraction of sp³-hybridized carbons (Fsp3) is 0.0769. The third-order valence-corrected chi connectivity index (χ3v) is 2.18. The molecule has 0 fully saturated rings. The highest BCUT2D eigenvalue weighted by Gasteiger charge is 1.94. The molecule has 0 amide bonds. The second-order valence-corrected chi connectivity index (χ2v) is 3.35. The van der Waals surface area contributed by atoms with Crippen LogP contribution < -0.4 is 0 Å². The molecular formula is C13H12N. The Morgan fingerprint density at radius 2 is 1.43 bits per heavy atom. The smallest absolute Gasteiger partial charge is 0.0270 e. The molecule has 1 aromatic heterocycles. The van der Waals surface area contributed by atoms with Crippen LogP contribution in [0.3, 0.4) is 0 Å². The molecule has 0 atom stereocenters. The molecule has 1 heterocycles. The van der Waals surface area contributed by atoms with Crippen LogP contribution in [0, 0.1) is 6.92 Å². The van der Waals surface area contributed by atoms with Gasteiger partial charge in [-0.1, -0.05) is 24.3 Å². The van der Waals surface area contributed by atoms with Crippen molar-refractivity contribution in [2.45, 2.75) is 6.42 Å². The normalized spacial score (nSPS) is 10.1. The quantitative estimate of drug-likeness (QED) is 0.696. The Bertz CT molecular complexity index is 389. The van der Waals surface area contributed by atoms with Crippen molar-refractivity contribution < 1.29 is 0 Å². The standard InChI is InChI=1S/C13H12N/c1-11-2-4-12(5-3-11)10-13-6-8-14-9-7-13/h2-9H,1,10H2. The second kappa shape index (κ2) is 4.05. The van der Waals surface area contributed by atoms with Crippen LogP contribution in [0.4, 0.5) is 0 Å². The van der Waals surface area contributed by atoms with Crippen LogP contribution in [0.2, 0.25) is 0 Å². The van der Waals surface area contributed by atoms with Gasteiger partial charge in [-0.15, -0.1) is 0 Å². The maximum atomic E-state index is 3.99. The number of hydrogen-bond donors (Lipinski definition) is 0. The monoisotopic (exact) mass is 182 g/mol. The van der Waals surface area contributed by atoms with Crippen LogP contribution >= 0.6 is 0 Å². The molecule has 0 bridgehead atoms. The Balaban J connectivity index is 2.16. The first-order valence-electron chi connectivity index (χ1n) is 4.64. The van der Waals surface area contributed by atoms with Gasteiger partial charge in [0.15, 0.2) is 0 Å². The van der Waals surface area contributed by atoms with Crippen molar-refractivity contribution >= 4 is 0 Å². The Morgan fingerprint density at radius 3 is 2.07 bits per heavy atom. The summed E-state index contributed by atoms with van der Waals surface area (Å²) in [5.74, 6) is 0. The van der Waals surface area contributed by atoms with Gasteiger partial charge in [-0.25, -0.2) is 0 Å². The largest absolute Gasteiger partial charge is 0.265 e. The van der Waals surface area contributed by atoms with Crippen LogP contribution in [-0.4, -0.2) is 4.98 Å². The SMILES string of the molecule is [CH2]c1ccc(Cc2ccncc2)cc1. The molecule has 2 aromatic rings. The van der Waals surface area contributed by atoms with Crippen molar-refractivity contribution in [3.8, 4) is 0 Å². The summed E-state index contributed by atoms with van der Waals surface area (Å²) in [5, 5.41) is 0. The zero-order valence-corrected chi connectivity index (χ0v) is 7.98. The molecule has 1 heteroatoms. The topological polar surface area (TPSA) is 12.9 Å². The highest BCUT2D eigenvalue weighted by atomic mass is 14.6. The summed E-state index contributed by atoms with van der Waals surface area (Å²) in [6, 6.07) is 12.4. The molecule has 0 N–H and O–H groups in total. The molecule has 2 rings (SSSR count). The molecule has 0 spiro atoms. The number of pyridine rings is 1. The van der Waals surface area contributed by atoms with Crippen molar-refractivity contribution in [3.05, 3.63) is 72.4 Å². The third-order valence-electron chi connectivity index (χ3n) is 2.18. The summed E-state index contributed by atoms with van der Waals surface area (Å²) in [5.41, 5.74) is 3.66. The lowest BCUT2D eigenvalue weighted by atomic mass is 10.1. The first-order valence-corrected chi connectivity index (χ1v) is 4.64. The maximum absolute atomic E-state index is 3.99. The average Bonchev–Trinajstić information content (AvgIpc) is 2.23. The third kappa shape index (κ3) is 2.19. The van der Waals surface area contributed by atoms with Gasteiger partial charge in [0.1, 0.15) is 0 Å². The van der Waals surface area contributed by atoms with Gasteiger partial charge in [0, 0.05) is 12.4 Å². The molecule has 1 nitrogen and oxygen atoms in total. The first kappa shape index (κ1) is 8.95. The van der Waals surface area contributed by atoms with E-state index in [-0.39, 0.29) is 0 Å². The van der Waals surface area contributed by atoms with Gasteiger partial charge in [0.2, 0.25) is 0 Å². The fourth-order valence-corrected chi connectivity index (χ4v) is 1.39. The minimum absolute atomic E-state index is 0.961.